The highest BCUT2D eigenvalue weighted by atomic mass is 16.8. The molecule has 6 rings (SSSR count). The first kappa shape index (κ1) is 55.7. The van der Waals surface area contributed by atoms with Gasteiger partial charge in [0.25, 0.3) is 0 Å². The van der Waals surface area contributed by atoms with Gasteiger partial charge in [-0.25, -0.2) is 0 Å². The summed E-state index contributed by atoms with van der Waals surface area (Å²) in [5.74, 6) is -0.894. The standard InChI is InChI=1S/C38H65NO29/c1-8-16(45)20(49)25(54)35(58-8)65-29-14(7-43)63-34(67-31-19(48)12(5-41)61-37(27(31)56)64-28-13(6-42)60-33(57)24(53)23(28)52)15(39-10(3)44)30(29)66-38-32(22(51)18(47)11(4-40)62-38)68-36-26(55)21(50)17(46)9(2)59-36/h8-9,11-38,40-43,45-57H,4-7H2,1-3H3,(H,39,44)/t8-,9-,11+,12+,13+,14+,15+,16+,17+,18-,19-,20+,21+,22-,23-,24-,25-,26-,27-,28+,29+,30+,31-,32+,33-,34-,35-,36-,37-,38-/m0/s1. The highest BCUT2D eigenvalue weighted by Crippen LogP contribution is 2.38. The first-order valence-corrected chi connectivity index (χ1v) is 21.8. The van der Waals surface area contributed by atoms with E-state index in [1.807, 2.05) is 0 Å². The molecule has 0 aromatic carbocycles. The van der Waals surface area contributed by atoms with Crippen molar-refractivity contribution in [2.75, 3.05) is 26.4 Å². The molecule has 0 unspecified atom stereocenters. The second-order valence-electron chi connectivity index (χ2n) is 17.5. The highest BCUT2D eigenvalue weighted by Gasteiger charge is 2.59. The second kappa shape index (κ2) is 23.5. The molecule has 6 heterocycles. The summed E-state index contributed by atoms with van der Waals surface area (Å²) < 4.78 is 63.9. The monoisotopic (exact) mass is 999 g/mol. The molecule has 18 N–H and O–H groups in total. The van der Waals surface area contributed by atoms with Gasteiger partial charge >= 0.3 is 0 Å². The molecule has 30 atom stereocenters. The Morgan fingerprint density at radius 3 is 1.32 bits per heavy atom. The van der Waals surface area contributed by atoms with Crippen molar-refractivity contribution in [3.8, 4) is 0 Å². The predicted molar refractivity (Wildman–Crippen MR) is 208 cm³/mol. The molecule has 30 nitrogen and oxygen atoms in total. The van der Waals surface area contributed by atoms with Gasteiger partial charge in [0.2, 0.25) is 5.91 Å². The SMILES string of the molecule is CC(=O)N[C@H]1[C@H](O[C@@H]2[C@H](O)[C@H](O[C@H]3[C@@H](O)[C@H](O)[C@@H](O)O[C@@H]3CO)O[C@H](CO)[C@@H]2O)O[C@H](CO)[C@@H](O[C@@H]2O[C@@H](C)[C@@H](O)[C@@H](O)[C@@H]2O)[C@@H]1O[C@@H]1O[C@H](CO)[C@H](O)[C@H](O)[C@H]1O[C@@H]1O[C@@H](C)[C@@H](O)[C@@H](O)[C@@H]1O. The van der Waals surface area contributed by atoms with Gasteiger partial charge in [-0.05, 0) is 13.8 Å². The van der Waals surface area contributed by atoms with Crippen molar-refractivity contribution in [2.45, 2.75) is 205 Å². The zero-order valence-electron chi connectivity index (χ0n) is 36.7. The van der Waals surface area contributed by atoms with E-state index in [4.69, 9.17) is 52.1 Å². The summed E-state index contributed by atoms with van der Waals surface area (Å²) in [6.07, 6.45) is -54.0. The van der Waals surface area contributed by atoms with Crippen LogP contribution in [0.15, 0.2) is 0 Å². The van der Waals surface area contributed by atoms with Gasteiger partial charge in [0, 0.05) is 6.92 Å². The van der Waals surface area contributed by atoms with Crippen LogP contribution in [-0.2, 0) is 56.9 Å². The Bertz CT molecular complexity index is 1590. The lowest BCUT2D eigenvalue weighted by Crippen LogP contribution is -2.71. The summed E-state index contributed by atoms with van der Waals surface area (Å²) in [5, 5.41) is 184. The molecule has 1 amide bonds. The Balaban J connectivity index is 1.39. The zero-order chi connectivity index (χ0) is 50.2. The summed E-state index contributed by atoms with van der Waals surface area (Å²) in [6, 6.07) is -1.86. The second-order valence-corrected chi connectivity index (χ2v) is 17.5. The third-order valence-corrected chi connectivity index (χ3v) is 12.8. The lowest BCUT2D eigenvalue weighted by atomic mass is 9.93. The first-order chi connectivity index (χ1) is 32.1. The topological polar surface area (TPSA) is 475 Å². The van der Waals surface area contributed by atoms with Crippen LogP contribution < -0.4 is 5.32 Å². The largest absolute Gasteiger partial charge is 0.394 e. The number of carbonyl (C=O) groups excluding carboxylic acids is 1. The lowest BCUT2D eigenvalue weighted by Gasteiger charge is -2.52. The van der Waals surface area contributed by atoms with Crippen LogP contribution in [0.5, 0.6) is 0 Å². The number of hydrogen-bond acceptors (Lipinski definition) is 29. The van der Waals surface area contributed by atoms with E-state index >= 15 is 0 Å². The van der Waals surface area contributed by atoms with Gasteiger partial charge in [0.05, 0.1) is 38.6 Å². The molecule has 6 fully saturated rings. The van der Waals surface area contributed by atoms with Gasteiger partial charge in [-0.1, -0.05) is 0 Å². The minimum Gasteiger partial charge on any atom is -0.394 e. The molecule has 0 aromatic heterocycles. The summed E-state index contributed by atoms with van der Waals surface area (Å²) in [5.41, 5.74) is 0. The van der Waals surface area contributed by atoms with E-state index in [1.165, 1.54) is 13.8 Å². The van der Waals surface area contributed by atoms with Gasteiger partial charge in [0.1, 0.15) is 134 Å². The number of amides is 1. The Hall–Kier alpha value is -1.65. The van der Waals surface area contributed by atoms with E-state index in [0.29, 0.717) is 0 Å². The molecule has 0 saturated carbocycles. The average Bonchev–Trinajstić information content (AvgIpc) is 3.31. The number of carbonyl (C=O) groups is 1. The molecule has 6 aliphatic rings. The summed E-state index contributed by atoms with van der Waals surface area (Å²) in [6.45, 7) is -0.357. The van der Waals surface area contributed by atoms with Crippen molar-refractivity contribution in [2.24, 2.45) is 0 Å². The van der Waals surface area contributed by atoms with Gasteiger partial charge < -0.3 is 144 Å². The Morgan fingerprint density at radius 2 is 0.794 bits per heavy atom. The van der Waals surface area contributed by atoms with E-state index in [2.05, 4.69) is 5.32 Å². The number of aliphatic hydroxyl groups excluding tert-OH is 17. The van der Waals surface area contributed by atoms with E-state index < -0.39 is 217 Å². The minimum absolute atomic E-state index is 0.894. The molecule has 6 aliphatic heterocycles. The molecular formula is C38H65NO29. The summed E-state index contributed by atoms with van der Waals surface area (Å²) in [7, 11) is 0. The van der Waals surface area contributed by atoms with Crippen LogP contribution in [0.1, 0.15) is 20.8 Å². The lowest BCUT2D eigenvalue weighted by molar-refractivity contribution is -0.400. The van der Waals surface area contributed by atoms with Crippen LogP contribution in [0.25, 0.3) is 0 Å². The van der Waals surface area contributed by atoms with E-state index in [9.17, 15) is 91.6 Å². The molecule has 0 aromatic rings. The smallest absolute Gasteiger partial charge is 0.217 e. The maximum Gasteiger partial charge on any atom is 0.217 e. The molecule has 6 saturated heterocycles. The van der Waals surface area contributed by atoms with Crippen LogP contribution in [-0.4, -0.2) is 303 Å². The van der Waals surface area contributed by atoms with Gasteiger partial charge in [0.15, 0.2) is 37.7 Å². The molecule has 0 spiro atoms. The number of aliphatic hydroxyl groups is 17. The Labute approximate surface area is 386 Å². The van der Waals surface area contributed by atoms with Crippen molar-refractivity contribution in [1.82, 2.24) is 5.32 Å². The van der Waals surface area contributed by atoms with Gasteiger partial charge in [-0.15, -0.1) is 0 Å². The Morgan fingerprint density at radius 1 is 0.382 bits per heavy atom. The molecule has 0 aliphatic carbocycles. The van der Waals surface area contributed by atoms with E-state index in [-0.39, 0.29) is 0 Å². The zero-order valence-corrected chi connectivity index (χ0v) is 36.7. The van der Waals surface area contributed by atoms with Crippen molar-refractivity contribution in [1.29, 1.82) is 0 Å². The molecule has 0 bridgehead atoms. The maximum atomic E-state index is 13.1. The van der Waals surface area contributed by atoms with Gasteiger partial charge in [-0.3, -0.25) is 4.79 Å². The van der Waals surface area contributed by atoms with Crippen LogP contribution in [0.3, 0.4) is 0 Å². The fourth-order valence-corrected chi connectivity index (χ4v) is 8.78. The number of hydrogen-bond donors (Lipinski definition) is 18. The summed E-state index contributed by atoms with van der Waals surface area (Å²) in [4.78, 5) is 13.1. The number of ether oxygens (including phenoxy) is 11. The van der Waals surface area contributed by atoms with Crippen LogP contribution in [0.2, 0.25) is 0 Å². The maximum absolute atomic E-state index is 13.1. The normalized spacial score (nSPS) is 52.6. The van der Waals surface area contributed by atoms with Crippen LogP contribution >= 0.6 is 0 Å². The predicted octanol–water partition coefficient (Wildman–Crippen LogP) is -11.9. The molecular weight excluding hydrogens is 934 g/mol. The third-order valence-electron chi connectivity index (χ3n) is 12.8. The molecule has 68 heavy (non-hydrogen) atoms. The minimum atomic E-state index is -2.19. The fraction of sp³-hybridized carbons (Fsp3) is 0.974. The molecule has 0 radical (unpaired) electrons. The number of rotatable bonds is 15. The average molecular weight is 1000 g/mol. The van der Waals surface area contributed by atoms with Crippen molar-refractivity contribution >= 4 is 5.91 Å². The fourth-order valence-electron chi connectivity index (χ4n) is 8.78. The first-order valence-electron chi connectivity index (χ1n) is 21.8. The third kappa shape index (κ3) is 11.4. The molecule has 30 heteroatoms. The van der Waals surface area contributed by atoms with E-state index in [1.54, 1.807) is 0 Å². The van der Waals surface area contributed by atoms with Crippen molar-refractivity contribution in [3.63, 3.8) is 0 Å². The molecule has 396 valence electrons. The van der Waals surface area contributed by atoms with Crippen molar-refractivity contribution in [3.05, 3.63) is 0 Å². The quantitative estimate of drug-likeness (QED) is 0.0724. The Kier molecular flexibility index (Phi) is 19.2. The number of nitrogens with one attached hydrogen (secondary N) is 1. The van der Waals surface area contributed by atoms with E-state index in [0.717, 1.165) is 6.92 Å². The van der Waals surface area contributed by atoms with Crippen LogP contribution in [0, 0.1) is 0 Å². The van der Waals surface area contributed by atoms with Crippen LogP contribution in [0.4, 0.5) is 0 Å². The summed E-state index contributed by atoms with van der Waals surface area (Å²) >= 11 is 0. The highest BCUT2D eigenvalue weighted by molar-refractivity contribution is 5.73. The van der Waals surface area contributed by atoms with Crippen molar-refractivity contribution < 1.29 is 144 Å². The van der Waals surface area contributed by atoms with Gasteiger partial charge in [-0.2, -0.15) is 0 Å².